The largest absolute Gasteiger partial charge is 0.467 e. The smallest absolute Gasteiger partial charge is 0.331 e. The molecule has 7 heteroatoms. The summed E-state index contributed by atoms with van der Waals surface area (Å²) in [6, 6.07) is -0.849. The lowest BCUT2D eigenvalue weighted by atomic mass is 9.92. The number of nitrogens with zero attached hydrogens (tertiary/aromatic N) is 1. The third-order valence-electron chi connectivity index (χ3n) is 3.48. The molecule has 0 N–H and O–H groups in total. The Balaban J connectivity index is 3.07. The number of rotatable bonds is 4. The van der Waals surface area contributed by atoms with Crippen LogP contribution in [0.1, 0.15) is 34.6 Å². The Hall–Kier alpha value is -1.63. The van der Waals surface area contributed by atoms with Crippen molar-refractivity contribution in [3.05, 3.63) is 0 Å². The van der Waals surface area contributed by atoms with Gasteiger partial charge >= 0.3 is 11.9 Å². The number of hydrogen-bond donors (Lipinski definition) is 0. The van der Waals surface area contributed by atoms with Crippen molar-refractivity contribution in [2.75, 3.05) is 20.3 Å². The van der Waals surface area contributed by atoms with Gasteiger partial charge in [-0.3, -0.25) is 14.5 Å². The van der Waals surface area contributed by atoms with Gasteiger partial charge in [0.25, 0.3) is 0 Å². The first-order chi connectivity index (χ1) is 10.1. The molecule has 1 aliphatic rings. The van der Waals surface area contributed by atoms with Crippen LogP contribution in [0.2, 0.25) is 0 Å². The molecule has 0 aromatic carbocycles. The second kappa shape index (κ2) is 7.09. The standard InChI is InChI=1S/C15H25NO6/c1-7-21-12(18)9(2)11(17)16-10(13(19)20-6)8-22-14(16)15(3,4)5/h9-10,14H,7-8H2,1-6H3/t9-,10-,14+/m0/s1. The van der Waals surface area contributed by atoms with Crippen LogP contribution < -0.4 is 0 Å². The van der Waals surface area contributed by atoms with Crippen LogP contribution >= 0.6 is 0 Å². The maximum atomic E-state index is 12.7. The minimum absolute atomic E-state index is 0.0515. The monoisotopic (exact) mass is 315 g/mol. The highest BCUT2D eigenvalue weighted by molar-refractivity contribution is 5.99. The summed E-state index contributed by atoms with van der Waals surface area (Å²) in [6.07, 6.45) is -0.610. The average Bonchev–Trinajstić information content (AvgIpc) is 2.89. The van der Waals surface area contributed by atoms with E-state index in [1.807, 2.05) is 20.8 Å². The van der Waals surface area contributed by atoms with Gasteiger partial charge in [0, 0.05) is 5.41 Å². The number of carbonyl (C=O) groups is 3. The zero-order valence-corrected chi connectivity index (χ0v) is 14.0. The van der Waals surface area contributed by atoms with Crippen molar-refractivity contribution in [3.8, 4) is 0 Å². The average molecular weight is 315 g/mol. The molecule has 22 heavy (non-hydrogen) atoms. The van der Waals surface area contributed by atoms with E-state index >= 15 is 0 Å². The molecular weight excluding hydrogens is 290 g/mol. The number of amides is 1. The van der Waals surface area contributed by atoms with Crippen LogP contribution in [-0.2, 0) is 28.6 Å². The highest BCUT2D eigenvalue weighted by Gasteiger charge is 2.49. The van der Waals surface area contributed by atoms with Crippen molar-refractivity contribution in [2.45, 2.75) is 46.9 Å². The SMILES string of the molecule is CCOC(=O)[C@@H](C)C(=O)N1[C@H](C(=O)OC)CO[C@@H]1C(C)(C)C. The Labute approximate surface area is 130 Å². The van der Waals surface area contributed by atoms with Gasteiger partial charge in [-0.1, -0.05) is 20.8 Å². The van der Waals surface area contributed by atoms with E-state index in [0.717, 1.165) is 0 Å². The Bertz CT molecular complexity index is 442. The molecule has 0 aliphatic carbocycles. The fourth-order valence-electron chi connectivity index (χ4n) is 2.35. The second-order valence-corrected chi connectivity index (χ2v) is 6.31. The molecule has 0 saturated carbocycles. The number of methoxy groups -OCH3 is 1. The Morgan fingerprint density at radius 1 is 1.32 bits per heavy atom. The third kappa shape index (κ3) is 3.76. The highest BCUT2D eigenvalue weighted by Crippen LogP contribution is 2.33. The summed E-state index contributed by atoms with van der Waals surface area (Å²) in [5.74, 6) is -2.67. The van der Waals surface area contributed by atoms with Gasteiger partial charge in [-0.15, -0.1) is 0 Å². The van der Waals surface area contributed by atoms with E-state index in [-0.39, 0.29) is 13.2 Å². The fourth-order valence-corrected chi connectivity index (χ4v) is 2.35. The van der Waals surface area contributed by atoms with Crippen molar-refractivity contribution in [3.63, 3.8) is 0 Å². The van der Waals surface area contributed by atoms with Crippen LogP contribution in [0.5, 0.6) is 0 Å². The summed E-state index contributed by atoms with van der Waals surface area (Å²) < 4.78 is 15.2. The Morgan fingerprint density at radius 2 is 1.91 bits per heavy atom. The van der Waals surface area contributed by atoms with Gasteiger partial charge in [0.05, 0.1) is 20.3 Å². The summed E-state index contributed by atoms with van der Waals surface area (Å²) >= 11 is 0. The molecular formula is C15H25NO6. The van der Waals surface area contributed by atoms with Crippen LogP contribution in [0.4, 0.5) is 0 Å². The van der Waals surface area contributed by atoms with E-state index in [2.05, 4.69) is 0 Å². The summed E-state index contributed by atoms with van der Waals surface area (Å²) in [6.45, 7) is 9.06. The van der Waals surface area contributed by atoms with Gasteiger partial charge in [-0.25, -0.2) is 4.79 Å². The molecule has 1 amide bonds. The second-order valence-electron chi connectivity index (χ2n) is 6.31. The number of ether oxygens (including phenoxy) is 3. The number of esters is 2. The Kier molecular flexibility index (Phi) is 5.93. The van der Waals surface area contributed by atoms with Crippen molar-refractivity contribution in [1.29, 1.82) is 0 Å². The van der Waals surface area contributed by atoms with Crippen LogP contribution in [0.25, 0.3) is 0 Å². The van der Waals surface area contributed by atoms with E-state index < -0.39 is 41.4 Å². The zero-order valence-electron chi connectivity index (χ0n) is 14.0. The molecule has 1 aliphatic heterocycles. The quantitative estimate of drug-likeness (QED) is 0.567. The number of carbonyl (C=O) groups excluding carboxylic acids is 3. The lowest BCUT2D eigenvalue weighted by molar-refractivity contribution is -0.164. The molecule has 1 heterocycles. The summed E-state index contributed by atoms with van der Waals surface area (Å²) in [5.41, 5.74) is -0.410. The van der Waals surface area contributed by atoms with Gasteiger partial charge in [0.15, 0.2) is 6.04 Å². The third-order valence-corrected chi connectivity index (χ3v) is 3.48. The van der Waals surface area contributed by atoms with Crippen LogP contribution in [-0.4, -0.2) is 55.3 Å². The lowest BCUT2D eigenvalue weighted by Crippen LogP contribution is -2.53. The molecule has 0 spiro atoms. The van der Waals surface area contributed by atoms with Crippen molar-refractivity contribution in [1.82, 2.24) is 4.90 Å². The van der Waals surface area contributed by atoms with Crippen LogP contribution in [0, 0.1) is 11.3 Å². The molecule has 0 unspecified atom stereocenters. The molecule has 3 atom stereocenters. The minimum Gasteiger partial charge on any atom is -0.467 e. The normalized spacial score (nSPS) is 23.1. The van der Waals surface area contributed by atoms with Crippen molar-refractivity contribution >= 4 is 17.8 Å². The minimum atomic E-state index is -1.00. The molecule has 1 saturated heterocycles. The van der Waals surface area contributed by atoms with E-state index in [9.17, 15) is 14.4 Å². The van der Waals surface area contributed by atoms with E-state index in [1.54, 1.807) is 6.92 Å². The molecule has 1 rings (SSSR count). The molecule has 0 aromatic heterocycles. The summed E-state index contributed by atoms with van der Waals surface area (Å²) in [4.78, 5) is 37.7. The molecule has 0 aromatic rings. The van der Waals surface area contributed by atoms with Gasteiger partial charge < -0.3 is 14.2 Å². The molecule has 7 nitrogen and oxygen atoms in total. The van der Waals surface area contributed by atoms with Gasteiger partial charge in [-0.2, -0.15) is 0 Å². The van der Waals surface area contributed by atoms with Crippen LogP contribution in [0.15, 0.2) is 0 Å². The van der Waals surface area contributed by atoms with Crippen molar-refractivity contribution < 1.29 is 28.6 Å². The number of hydrogen-bond acceptors (Lipinski definition) is 6. The summed E-state index contributed by atoms with van der Waals surface area (Å²) in [5, 5.41) is 0. The highest BCUT2D eigenvalue weighted by atomic mass is 16.5. The lowest BCUT2D eigenvalue weighted by Gasteiger charge is -2.36. The van der Waals surface area contributed by atoms with Gasteiger partial charge in [0.1, 0.15) is 12.1 Å². The van der Waals surface area contributed by atoms with Gasteiger partial charge in [-0.05, 0) is 13.8 Å². The molecule has 126 valence electrons. The zero-order chi connectivity index (χ0) is 17.1. The maximum absolute atomic E-state index is 12.7. The first-order valence-corrected chi connectivity index (χ1v) is 7.33. The van der Waals surface area contributed by atoms with Gasteiger partial charge in [0.2, 0.25) is 5.91 Å². The van der Waals surface area contributed by atoms with Crippen LogP contribution in [0.3, 0.4) is 0 Å². The first-order valence-electron chi connectivity index (χ1n) is 7.33. The molecule has 0 radical (unpaired) electrons. The topological polar surface area (TPSA) is 82.1 Å². The molecule has 1 fully saturated rings. The Morgan fingerprint density at radius 3 is 2.36 bits per heavy atom. The van der Waals surface area contributed by atoms with E-state index in [4.69, 9.17) is 14.2 Å². The molecule has 0 bridgehead atoms. The predicted molar refractivity (Wildman–Crippen MR) is 77.6 cm³/mol. The van der Waals surface area contributed by atoms with E-state index in [0.29, 0.717) is 0 Å². The van der Waals surface area contributed by atoms with E-state index in [1.165, 1.54) is 18.9 Å². The first kappa shape index (κ1) is 18.4. The maximum Gasteiger partial charge on any atom is 0.331 e. The summed E-state index contributed by atoms with van der Waals surface area (Å²) in [7, 11) is 1.25. The fraction of sp³-hybridized carbons (Fsp3) is 0.800. The van der Waals surface area contributed by atoms with Crippen molar-refractivity contribution in [2.24, 2.45) is 11.3 Å². The predicted octanol–water partition coefficient (Wildman–Crippen LogP) is 0.958.